The molecule has 0 bridgehead atoms. The molecule has 0 saturated carbocycles. The van der Waals surface area contributed by atoms with Gasteiger partial charge in [-0.3, -0.25) is 4.68 Å². The third-order valence-corrected chi connectivity index (χ3v) is 5.48. The molecule has 0 spiro atoms. The largest absolute Gasteiger partial charge is 0.477 e. The standard InChI is InChI=1S/C30H24N2O5/c33-30(34)28-20-32(19-22-11-15-26(16-12-22)36-24-7-3-1-4-8-24)31-29(28)35-21-23-13-17-27(18-14-23)37-25-9-5-2-6-10-25/h1-18,20H,19,21H2,(H,33,34). The van der Waals surface area contributed by atoms with E-state index in [-0.39, 0.29) is 18.1 Å². The van der Waals surface area contributed by atoms with Crippen LogP contribution in [0.25, 0.3) is 0 Å². The van der Waals surface area contributed by atoms with Crippen molar-refractivity contribution in [3.63, 3.8) is 0 Å². The summed E-state index contributed by atoms with van der Waals surface area (Å²) >= 11 is 0. The van der Waals surface area contributed by atoms with Gasteiger partial charge in [0.05, 0.1) is 6.54 Å². The van der Waals surface area contributed by atoms with Gasteiger partial charge in [-0.2, -0.15) is 0 Å². The minimum atomic E-state index is -1.10. The van der Waals surface area contributed by atoms with Crippen LogP contribution in [0.3, 0.4) is 0 Å². The van der Waals surface area contributed by atoms with E-state index in [1.54, 1.807) is 4.68 Å². The lowest BCUT2D eigenvalue weighted by atomic mass is 10.2. The molecule has 0 atom stereocenters. The minimum Gasteiger partial charge on any atom is -0.477 e. The quantitative estimate of drug-likeness (QED) is 0.231. The third kappa shape index (κ3) is 6.35. The number of para-hydroxylation sites is 2. The molecule has 4 aromatic carbocycles. The Labute approximate surface area is 214 Å². The van der Waals surface area contributed by atoms with Gasteiger partial charge in [-0.25, -0.2) is 4.79 Å². The van der Waals surface area contributed by atoms with Crippen molar-refractivity contribution < 1.29 is 24.1 Å². The Balaban J connectivity index is 1.21. The zero-order valence-electron chi connectivity index (χ0n) is 19.9. The van der Waals surface area contributed by atoms with Gasteiger partial charge in [0.1, 0.15) is 35.2 Å². The monoisotopic (exact) mass is 492 g/mol. The molecular weight excluding hydrogens is 468 g/mol. The van der Waals surface area contributed by atoms with Crippen LogP contribution in [0.4, 0.5) is 0 Å². The summed E-state index contributed by atoms with van der Waals surface area (Å²) in [6.07, 6.45) is 1.48. The predicted molar refractivity (Wildman–Crippen MR) is 139 cm³/mol. The van der Waals surface area contributed by atoms with E-state index in [4.69, 9.17) is 14.2 Å². The average Bonchev–Trinajstić information content (AvgIpc) is 3.33. The number of carbonyl (C=O) groups is 1. The lowest BCUT2D eigenvalue weighted by Crippen LogP contribution is -2.02. The molecule has 1 N–H and O–H groups in total. The van der Waals surface area contributed by atoms with Gasteiger partial charge in [-0.1, -0.05) is 60.7 Å². The van der Waals surface area contributed by atoms with E-state index in [0.29, 0.717) is 18.0 Å². The lowest BCUT2D eigenvalue weighted by Gasteiger charge is -2.08. The van der Waals surface area contributed by atoms with Crippen molar-refractivity contribution in [1.29, 1.82) is 0 Å². The van der Waals surface area contributed by atoms with Crippen molar-refractivity contribution in [2.75, 3.05) is 0 Å². The summed E-state index contributed by atoms with van der Waals surface area (Å²) in [5.41, 5.74) is 1.81. The molecule has 0 aliphatic carbocycles. The summed E-state index contributed by atoms with van der Waals surface area (Å²) in [4.78, 5) is 11.8. The molecule has 0 aliphatic heterocycles. The molecule has 0 unspecified atom stereocenters. The first-order valence-corrected chi connectivity index (χ1v) is 11.7. The van der Waals surface area contributed by atoms with Gasteiger partial charge in [-0.05, 0) is 59.7 Å². The van der Waals surface area contributed by atoms with Crippen LogP contribution < -0.4 is 14.2 Å². The number of benzene rings is 4. The average molecular weight is 493 g/mol. The van der Waals surface area contributed by atoms with Gasteiger partial charge < -0.3 is 19.3 Å². The molecule has 7 heteroatoms. The zero-order chi connectivity index (χ0) is 25.5. The highest BCUT2D eigenvalue weighted by atomic mass is 16.5. The topological polar surface area (TPSA) is 82.8 Å². The highest BCUT2D eigenvalue weighted by Gasteiger charge is 2.17. The predicted octanol–water partition coefficient (Wildman–Crippen LogP) is 6.79. The molecule has 7 nitrogen and oxygen atoms in total. The van der Waals surface area contributed by atoms with Crippen molar-refractivity contribution in [2.24, 2.45) is 0 Å². The summed E-state index contributed by atoms with van der Waals surface area (Å²) in [7, 11) is 0. The van der Waals surface area contributed by atoms with Gasteiger partial charge in [0.25, 0.3) is 0 Å². The number of nitrogens with zero attached hydrogens (tertiary/aromatic N) is 2. The molecule has 0 fully saturated rings. The van der Waals surface area contributed by atoms with Crippen LogP contribution >= 0.6 is 0 Å². The summed E-state index contributed by atoms with van der Waals surface area (Å²) in [5, 5.41) is 14.0. The van der Waals surface area contributed by atoms with Crippen LogP contribution in [0, 0.1) is 0 Å². The number of aromatic carboxylic acids is 1. The molecule has 1 aromatic heterocycles. The Morgan fingerprint density at radius 2 is 1.16 bits per heavy atom. The number of aromatic nitrogens is 2. The van der Waals surface area contributed by atoms with Crippen molar-refractivity contribution in [1.82, 2.24) is 9.78 Å². The van der Waals surface area contributed by atoms with Crippen molar-refractivity contribution >= 4 is 5.97 Å². The van der Waals surface area contributed by atoms with Gasteiger partial charge in [0.2, 0.25) is 5.88 Å². The number of rotatable bonds is 10. The smallest absolute Gasteiger partial charge is 0.342 e. The molecule has 5 rings (SSSR count). The van der Waals surface area contributed by atoms with Crippen LogP contribution in [0.1, 0.15) is 21.5 Å². The highest BCUT2D eigenvalue weighted by Crippen LogP contribution is 2.24. The van der Waals surface area contributed by atoms with Crippen LogP contribution in [-0.2, 0) is 13.2 Å². The Morgan fingerprint density at radius 3 is 1.68 bits per heavy atom. The fourth-order valence-electron chi connectivity index (χ4n) is 3.64. The van der Waals surface area contributed by atoms with Crippen LogP contribution in [0.2, 0.25) is 0 Å². The summed E-state index contributed by atoms with van der Waals surface area (Å²) in [5.74, 6) is 1.90. The first kappa shape index (κ1) is 23.7. The Bertz CT molecular complexity index is 1450. The van der Waals surface area contributed by atoms with Gasteiger partial charge in [0, 0.05) is 6.20 Å². The van der Waals surface area contributed by atoms with E-state index in [9.17, 15) is 9.90 Å². The third-order valence-electron chi connectivity index (χ3n) is 5.48. The molecule has 1 heterocycles. The molecule has 0 amide bonds. The van der Waals surface area contributed by atoms with Crippen LogP contribution in [0.15, 0.2) is 115 Å². The summed E-state index contributed by atoms with van der Waals surface area (Å²) in [6.45, 7) is 0.565. The SMILES string of the molecule is O=C(O)c1cn(Cc2ccc(Oc3ccccc3)cc2)nc1OCc1ccc(Oc2ccccc2)cc1. The first-order valence-electron chi connectivity index (χ1n) is 11.7. The van der Waals surface area contributed by atoms with Crippen LogP contribution in [0.5, 0.6) is 28.9 Å². The van der Waals surface area contributed by atoms with E-state index in [0.717, 1.165) is 22.6 Å². The molecule has 37 heavy (non-hydrogen) atoms. The van der Waals surface area contributed by atoms with E-state index in [2.05, 4.69) is 5.10 Å². The Kier molecular flexibility index (Phi) is 7.13. The first-order chi connectivity index (χ1) is 18.1. The number of ether oxygens (including phenoxy) is 3. The lowest BCUT2D eigenvalue weighted by molar-refractivity contribution is 0.0691. The normalized spacial score (nSPS) is 10.6. The number of hydrogen-bond donors (Lipinski definition) is 1. The maximum atomic E-state index is 11.8. The molecule has 184 valence electrons. The number of carboxylic acid groups (broad SMARTS) is 1. The molecule has 5 aromatic rings. The Hall–Kier alpha value is -5.04. The molecular formula is C30H24N2O5. The minimum absolute atomic E-state index is 0.00746. The second kappa shape index (κ2) is 11.1. The fourth-order valence-corrected chi connectivity index (χ4v) is 3.64. The van der Waals surface area contributed by atoms with Gasteiger partial charge >= 0.3 is 5.97 Å². The van der Waals surface area contributed by atoms with E-state index < -0.39 is 5.97 Å². The maximum absolute atomic E-state index is 11.8. The van der Waals surface area contributed by atoms with E-state index in [1.165, 1.54) is 6.20 Å². The summed E-state index contributed by atoms with van der Waals surface area (Å²) in [6, 6.07) is 34.0. The van der Waals surface area contributed by atoms with Crippen LogP contribution in [-0.4, -0.2) is 20.9 Å². The molecule has 0 saturated heterocycles. The second-order valence-electron chi connectivity index (χ2n) is 8.26. The Morgan fingerprint density at radius 1 is 0.676 bits per heavy atom. The fraction of sp³-hybridized carbons (Fsp3) is 0.0667. The molecule has 0 radical (unpaired) electrons. The molecule has 0 aliphatic rings. The second-order valence-corrected chi connectivity index (χ2v) is 8.26. The summed E-state index contributed by atoms with van der Waals surface area (Å²) < 4.78 is 19.0. The van der Waals surface area contributed by atoms with Crippen molar-refractivity contribution in [2.45, 2.75) is 13.2 Å². The van der Waals surface area contributed by atoms with E-state index in [1.807, 2.05) is 109 Å². The number of hydrogen-bond acceptors (Lipinski definition) is 5. The van der Waals surface area contributed by atoms with Crippen molar-refractivity contribution in [3.8, 4) is 28.9 Å². The maximum Gasteiger partial charge on any atom is 0.342 e. The van der Waals surface area contributed by atoms with E-state index >= 15 is 0 Å². The van der Waals surface area contributed by atoms with Crippen molar-refractivity contribution in [3.05, 3.63) is 132 Å². The zero-order valence-corrected chi connectivity index (χ0v) is 19.9. The number of carboxylic acids is 1. The van der Waals surface area contributed by atoms with Gasteiger partial charge in [-0.15, -0.1) is 5.10 Å². The highest BCUT2D eigenvalue weighted by molar-refractivity contribution is 5.89. The van der Waals surface area contributed by atoms with Gasteiger partial charge in [0.15, 0.2) is 0 Å².